The molecule has 29 heavy (non-hydrogen) atoms. The monoisotopic (exact) mass is 390 g/mol. The van der Waals surface area contributed by atoms with E-state index in [9.17, 15) is 14.9 Å². The molecule has 0 aliphatic heterocycles. The quantitative estimate of drug-likeness (QED) is 0.442. The lowest BCUT2D eigenvalue weighted by Gasteiger charge is -2.07. The Labute approximate surface area is 169 Å². The van der Waals surface area contributed by atoms with Gasteiger partial charge in [0, 0.05) is 23.6 Å². The van der Waals surface area contributed by atoms with Gasteiger partial charge >= 0.3 is 5.97 Å². The predicted octanol–water partition coefficient (Wildman–Crippen LogP) is 3.48. The zero-order chi connectivity index (χ0) is 21.4. The van der Waals surface area contributed by atoms with Gasteiger partial charge in [-0.3, -0.25) is 4.79 Å². The zero-order valence-electron chi connectivity index (χ0n) is 16.7. The minimum Gasteiger partial charge on any atom is -0.451 e. The summed E-state index contributed by atoms with van der Waals surface area (Å²) in [7, 11) is 0. The fourth-order valence-corrected chi connectivity index (χ4v) is 2.91. The number of ether oxygens (including phenoxy) is 1. The van der Waals surface area contributed by atoms with Crippen LogP contribution in [0.4, 0.5) is 5.69 Å². The minimum absolute atomic E-state index is 0.180. The first kappa shape index (κ1) is 21.5. The van der Waals surface area contributed by atoms with E-state index in [-0.39, 0.29) is 5.57 Å². The van der Waals surface area contributed by atoms with Crippen LogP contribution in [0.1, 0.15) is 35.9 Å². The average Bonchev–Trinajstić information content (AvgIpc) is 2.98. The van der Waals surface area contributed by atoms with Gasteiger partial charge < -0.3 is 14.6 Å². The highest BCUT2D eigenvalue weighted by atomic mass is 16.5. The van der Waals surface area contributed by atoms with Crippen molar-refractivity contribution < 1.29 is 14.3 Å². The molecule has 148 valence electrons. The molecule has 7 nitrogen and oxygen atoms in total. The van der Waals surface area contributed by atoms with Gasteiger partial charge in [-0.25, -0.2) is 4.79 Å². The van der Waals surface area contributed by atoms with Crippen molar-refractivity contribution in [3.63, 3.8) is 0 Å². The Bertz CT molecular complexity index is 1040. The van der Waals surface area contributed by atoms with Gasteiger partial charge in [0.1, 0.15) is 11.6 Å². The van der Waals surface area contributed by atoms with E-state index in [1.807, 2.05) is 32.1 Å². The Hall–Kier alpha value is -3.84. The highest BCUT2D eigenvalue weighted by Gasteiger charge is 2.15. The number of aryl methyl sites for hydroxylation is 1. The third-order valence-electron chi connectivity index (χ3n) is 4.31. The van der Waals surface area contributed by atoms with E-state index in [1.165, 1.54) is 12.1 Å². The summed E-state index contributed by atoms with van der Waals surface area (Å²) in [5.74, 6) is -1.43. The molecule has 0 saturated carbocycles. The van der Waals surface area contributed by atoms with Gasteiger partial charge in [-0.15, -0.1) is 0 Å². The van der Waals surface area contributed by atoms with Crippen LogP contribution in [-0.2, 0) is 20.9 Å². The highest BCUT2D eigenvalue weighted by Crippen LogP contribution is 2.19. The standard InChI is InChI=1S/C22H22N4O3/c1-4-8-26-15(2)9-18(16(26)3)11-19(13-24)22(28)29-14-21(27)25-20-7-5-6-17(10-20)12-23/h5-7,9-11H,4,8,14H2,1-3H3,(H,25,27)/b19-11+. The SMILES string of the molecule is CCCn1c(C)cc(/C=C(\C#N)C(=O)OCC(=O)Nc2cccc(C#N)c2)c1C. The Morgan fingerprint density at radius 3 is 2.66 bits per heavy atom. The third kappa shape index (κ3) is 5.57. The molecule has 0 spiro atoms. The van der Waals surface area contributed by atoms with Crippen LogP contribution < -0.4 is 5.32 Å². The molecule has 0 fully saturated rings. The number of aromatic nitrogens is 1. The molecule has 0 saturated heterocycles. The van der Waals surface area contributed by atoms with Crippen molar-refractivity contribution in [2.24, 2.45) is 0 Å². The smallest absolute Gasteiger partial charge is 0.349 e. The molecule has 1 aromatic heterocycles. The maximum absolute atomic E-state index is 12.2. The number of rotatable bonds is 7. The summed E-state index contributed by atoms with van der Waals surface area (Å²) >= 11 is 0. The number of hydrogen-bond donors (Lipinski definition) is 1. The lowest BCUT2D eigenvalue weighted by molar-refractivity contribution is -0.142. The van der Waals surface area contributed by atoms with Crippen molar-refractivity contribution in [2.45, 2.75) is 33.7 Å². The molecular weight excluding hydrogens is 368 g/mol. The molecule has 1 amide bonds. The molecule has 1 N–H and O–H groups in total. The van der Waals surface area contributed by atoms with E-state index >= 15 is 0 Å². The Balaban J connectivity index is 2.04. The van der Waals surface area contributed by atoms with Gasteiger partial charge in [0.25, 0.3) is 5.91 Å². The van der Waals surface area contributed by atoms with Crippen molar-refractivity contribution >= 4 is 23.6 Å². The number of nitrogens with one attached hydrogen (secondary N) is 1. The van der Waals surface area contributed by atoms with Gasteiger partial charge in [-0.2, -0.15) is 10.5 Å². The number of nitriles is 2. The van der Waals surface area contributed by atoms with Crippen molar-refractivity contribution in [3.05, 3.63) is 58.4 Å². The Kier molecular flexibility index (Phi) is 7.33. The zero-order valence-corrected chi connectivity index (χ0v) is 16.7. The van der Waals surface area contributed by atoms with Crippen molar-refractivity contribution in [1.82, 2.24) is 4.57 Å². The van der Waals surface area contributed by atoms with Gasteiger partial charge in [0.2, 0.25) is 0 Å². The van der Waals surface area contributed by atoms with Gasteiger partial charge in [0.15, 0.2) is 6.61 Å². The van der Waals surface area contributed by atoms with Gasteiger partial charge in [-0.05, 0) is 56.2 Å². The first-order chi connectivity index (χ1) is 13.9. The van der Waals surface area contributed by atoms with Crippen LogP contribution in [0.5, 0.6) is 0 Å². The summed E-state index contributed by atoms with van der Waals surface area (Å²) in [4.78, 5) is 24.2. The van der Waals surface area contributed by atoms with Gasteiger partial charge in [-0.1, -0.05) is 13.0 Å². The molecule has 0 unspecified atom stereocenters. The van der Waals surface area contributed by atoms with Crippen molar-refractivity contribution in [3.8, 4) is 12.1 Å². The average molecular weight is 390 g/mol. The number of nitrogens with zero attached hydrogens (tertiary/aromatic N) is 3. The van der Waals surface area contributed by atoms with E-state index in [1.54, 1.807) is 18.2 Å². The molecule has 1 heterocycles. The van der Waals surface area contributed by atoms with Crippen LogP contribution in [0.2, 0.25) is 0 Å². The molecule has 0 bridgehead atoms. The predicted molar refractivity (Wildman–Crippen MR) is 109 cm³/mol. The lowest BCUT2D eigenvalue weighted by Crippen LogP contribution is -2.21. The summed E-state index contributed by atoms with van der Waals surface area (Å²) in [6, 6.07) is 12.1. The second kappa shape index (κ2) is 9.91. The highest BCUT2D eigenvalue weighted by molar-refractivity contribution is 6.00. The number of carbonyl (C=O) groups excluding carboxylic acids is 2. The number of hydrogen-bond acceptors (Lipinski definition) is 5. The first-order valence-corrected chi connectivity index (χ1v) is 9.15. The largest absolute Gasteiger partial charge is 0.451 e. The fraction of sp³-hybridized carbons (Fsp3) is 0.273. The van der Waals surface area contributed by atoms with E-state index in [0.717, 1.165) is 29.9 Å². The molecule has 0 atom stereocenters. The normalized spacial score (nSPS) is 10.7. The lowest BCUT2D eigenvalue weighted by atomic mass is 10.1. The second-order valence-electron chi connectivity index (χ2n) is 6.46. The van der Waals surface area contributed by atoms with Crippen LogP contribution in [0.15, 0.2) is 35.9 Å². The van der Waals surface area contributed by atoms with Crippen LogP contribution >= 0.6 is 0 Å². The van der Waals surface area contributed by atoms with Gasteiger partial charge in [0.05, 0.1) is 11.6 Å². The molecule has 2 rings (SSSR count). The summed E-state index contributed by atoms with van der Waals surface area (Å²) in [5, 5.41) is 20.7. The number of esters is 1. The first-order valence-electron chi connectivity index (χ1n) is 9.15. The van der Waals surface area contributed by atoms with E-state index in [0.29, 0.717) is 11.3 Å². The molecule has 7 heteroatoms. The van der Waals surface area contributed by atoms with Crippen molar-refractivity contribution in [1.29, 1.82) is 10.5 Å². The van der Waals surface area contributed by atoms with Crippen LogP contribution in [0.3, 0.4) is 0 Å². The molecule has 1 aromatic carbocycles. The number of amides is 1. The summed E-state index contributed by atoms with van der Waals surface area (Å²) in [5.41, 5.74) is 3.41. The fourth-order valence-electron chi connectivity index (χ4n) is 2.91. The molecular formula is C22H22N4O3. The Morgan fingerprint density at radius 2 is 2.00 bits per heavy atom. The maximum Gasteiger partial charge on any atom is 0.349 e. The number of carbonyl (C=O) groups is 2. The van der Waals surface area contributed by atoms with Crippen LogP contribution in [-0.4, -0.2) is 23.1 Å². The molecule has 0 aliphatic rings. The van der Waals surface area contributed by atoms with E-state index < -0.39 is 18.5 Å². The van der Waals surface area contributed by atoms with Crippen LogP contribution in [0.25, 0.3) is 6.08 Å². The summed E-state index contributed by atoms with van der Waals surface area (Å²) in [6.07, 6.45) is 2.45. The topological polar surface area (TPSA) is 108 Å². The second-order valence-corrected chi connectivity index (χ2v) is 6.46. The van der Waals surface area contributed by atoms with Crippen molar-refractivity contribution in [2.75, 3.05) is 11.9 Å². The van der Waals surface area contributed by atoms with E-state index in [4.69, 9.17) is 10.00 Å². The van der Waals surface area contributed by atoms with E-state index in [2.05, 4.69) is 16.8 Å². The minimum atomic E-state index is -0.867. The Morgan fingerprint density at radius 1 is 1.24 bits per heavy atom. The molecule has 2 aromatic rings. The number of anilines is 1. The summed E-state index contributed by atoms with van der Waals surface area (Å²) < 4.78 is 7.09. The summed E-state index contributed by atoms with van der Waals surface area (Å²) in [6.45, 7) is 6.29. The third-order valence-corrected chi connectivity index (χ3v) is 4.31. The maximum atomic E-state index is 12.2. The molecule has 0 aliphatic carbocycles. The number of benzene rings is 1. The molecule has 0 radical (unpaired) electrons. The van der Waals surface area contributed by atoms with Crippen LogP contribution in [0, 0.1) is 36.5 Å².